The van der Waals surface area contributed by atoms with Gasteiger partial charge in [0.2, 0.25) is 5.91 Å². The number of nitrogens with one attached hydrogen (secondary N) is 1. The van der Waals surface area contributed by atoms with Gasteiger partial charge in [-0.15, -0.1) is 0 Å². The number of imidazole rings is 1. The van der Waals surface area contributed by atoms with Gasteiger partial charge in [-0.1, -0.05) is 59.6 Å². The molecule has 3 aromatic carbocycles. The fourth-order valence-electron chi connectivity index (χ4n) is 3.68. The monoisotopic (exact) mass is 490 g/mol. The Balaban J connectivity index is 1.38. The van der Waals surface area contributed by atoms with Gasteiger partial charge in [-0.25, -0.2) is 4.98 Å². The van der Waals surface area contributed by atoms with Gasteiger partial charge in [0.05, 0.1) is 11.0 Å². The summed E-state index contributed by atoms with van der Waals surface area (Å²) in [6, 6.07) is 22.9. The molecule has 0 aliphatic heterocycles. The normalized spacial score (nSPS) is 11.1. The molecule has 0 bridgehead atoms. The predicted octanol–water partition coefficient (Wildman–Crippen LogP) is 6.24. The van der Waals surface area contributed by atoms with Gasteiger partial charge in [0.1, 0.15) is 17.8 Å². The number of fused-ring (bicyclic) bond motifs is 1. The van der Waals surface area contributed by atoms with Crippen LogP contribution in [0.3, 0.4) is 0 Å². The Morgan fingerprint density at radius 1 is 0.941 bits per heavy atom. The summed E-state index contributed by atoms with van der Waals surface area (Å²) < 4.78 is 7.97. The molecule has 8 heteroatoms. The Kier molecular flexibility index (Phi) is 6.34. The van der Waals surface area contributed by atoms with E-state index in [0.29, 0.717) is 40.5 Å². The third-order valence-electron chi connectivity index (χ3n) is 5.45. The van der Waals surface area contributed by atoms with Gasteiger partial charge in [-0.05, 0) is 42.0 Å². The molecule has 0 spiro atoms. The van der Waals surface area contributed by atoms with Crippen molar-refractivity contribution in [3.63, 3.8) is 0 Å². The second kappa shape index (κ2) is 9.71. The summed E-state index contributed by atoms with van der Waals surface area (Å²) in [4.78, 5) is 21.7. The van der Waals surface area contributed by atoms with Gasteiger partial charge in [0, 0.05) is 35.0 Å². The lowest BCUT2D eigenvalue weighted by atomic mass is 10.1. The van der Waals surface area contributed by atoms with Gasteiger partial charge in [0.15, 0.2) is 0 Å². The molecule has 0 fully saturated rings. The average Bonchev–Trinajstić information content (AvgIpc) is 3.47. The van der Waals surface area contributed by atoms with Crippen LogP contribution in [0.1, 0.15) is 17.7 Å². The molecule has 2 aromatic heterocycles. The molecule has 5 aromatic rings. The number of benzene rings is 3. The number of oxazole rings is 1. The van der Waals surface area contributed by atoms with Gasteiger partial charge < -0.3 is 9.73 Å². The second-order valence-corrected chi connectivity index (χ2v) is 8.65. The van der Waals surface area contributed by atoms with Crippen LogP contribution in [0.5, 0.6) is 0 Å². The number of para-hydroxylation sites is 2. The molecular formula is C26H20Cl2N4O2. The van der Waals surface area contributed by atoms with Gasteiger partial charge in [-0.2, -0.15) is 4.98 Å². The molecule has 34 heavy (non-hydrogen) atoms. The summed E-state index contributed by atoms with van der Waals surface area (Å²) in [6.45, 7) is 0.433. The van der Waals surface area contributed by atoms with Crippen molar-refractivity contribution < 1.29 is 9.21 Å². The molecule has 0 saturated carbocycles. The Morgan fingerprint density at radius 2 is 1.65 bits per heavy atom. The second-order valence-electron chi connectivity index (χ2n) is 7.78. The number of hydrogen-bond acceptors (Lipinski definition) is 4. The van der Waals surface area contributed by atoms with Crippen LogP contribution in [0.2, 0.25) is 10.0 Å². The van der Waals surface area contributed by atoms with Crippen molar-refractivity contribution in [3.8, 4) is 17.3 Å². The lowest BCUT2D eigenvalue weighted by molar-refractivity contribution is -0.121. The van der Waals surface area contributed by atoms with E-state index in [0.717, 1.165) is 22.2 Å². The molecule has 0 aliphatic carbocycles. The Morgan fingerprint density at radius 3 is 2.41 bits per heavy atom. The fraction of sp³-hybridized carbons (Fsp3) is 0.115. The van der Waals surface area contributed by atoms with Crippen LogP contribution in [0, 0.1) is 0 Å². The summed E-state index contributed by atoms with van der Waals surface area (Å²) in [6.07, 6.45) is 2.34. The number of aryl methyl sites for hydroxylation is 1. The molecular weight excluding hydrogens is 471 g/mol. The van der Waals surface area contributed by atoms with Crippen LogP contribution in [-0.4, -0.2) is 20.4 Å². The maximum absolute atomic E-state index is 12.5. The minimum atomic E-state index is -0.0805. The quantitative estimate of drug-likeness (QED) is 0.293. The number of amides is 1. The largest absolute Gasteiger partial charge is 0.427 e. The summed E-state index contributed by atoms with van der Waals surface area (Å²) in [7, 11) is 0. The molecule has 0 atom stereocenters. The molecule has 6 nitrogen and oxygen atoms in total. The highest BCUT2D eigenvalue weighted by molar-refractivity contribution is 6.30. The van der Waals surface area contributed by atoms with E-state index < -0.39 is 0 Å². The summed E-state index contributed by atoms with van der Waals surface area (Å²) in [5.74, 6) is 0.541. The third-order valence-corrected chi connectivity index (χ3v) is 5.95. The van der Waals surface area contributed by atoms with Crippen molar-refractivity contribution in [1.82, 2.24) is 19.9 Å². The average molecular weight is 491 g/mol. The van der Waals surface area contributed by atoms with Gasteiger partial charge in [0.25, 0.3) is 0 Å². The van der Waals surface area contributed by atoms with Crippen molar-refractivity contribution in [2.45, 2.75) is 19.4 Å². The van der Waals surface area contributed by atoms with E-state index in [1.165, 1.54) is 0 Å². The van der Waals surface area contributed by atoms with Crippen LogP contribution < -0.4 is 5.32 Å². The third kappa shape index (κ3) is 4.83. The zero-order chi connectivity index (χ0) is 23.5. The summed E-state index contributed by atoms with van der Waals surface area (Å²) in [5, 5.41) is 4.24. The lowest BCUT2D eigenvalue weighted by Gasteiger charge is -2.06. The van der Waals surface area contributed by atoms with Crippen LogP contribution in [-0.2, 0) is 17.8 Å². The van der Waals surface area contributed by atoms with Crippen molar-refractivity contribution >= 4 is 40.1 Å². The molecule has 2 heterocycles. The zero-order valence-corrected chi connectivity index (χ0v) is 19.6. The van der Waals surface area contributed by atoms with E-state index in [-0.39, 0.29) is 12.3 Å². The Bertz CT molecular complexity index is 1440. The highest BCUT2D eigenvalue weighted by Gasteiger charge is 2.19. The first-order chi connectivity index (χ1) is 16.6. The number of halogens is 2. The minimum Gasteiger partial charge on any atom is -0.427 e. The summed E-state index contributed by atoms with van der Waals surface area (Å²) >= 11 is 12.0. The molecule has 1 amide bonds. The maximum Gasteiger partial charge on any atom is 0.308 e. The van der Waals surface area contributed by atoms with E-state index in [1.54, 1.807) is 35.2 Å². The van der Waals surface area contributed by atoms with Crippen LogP contribution in [0.15, 0.2) is 83.5 Å². The summed E-state index contributed by atoms with van der Waals surface area (Å²) in [5.41, 5.74) is 4.25. The van der Waals surface area contributed by atoms with E-state index in [1.807, 2.05) is 48.5 Å². The molecule has 170 valence electrons. The van der Waals surface area contributed by atoms with E-state index in [9.17, 15) is 4.79 Å². The van der Waals surface area contributed by atoms with Crippen molar-refractivity contribution in [2.24, 2.45) is 0 Å². The van der Waals surface area contributed by atoms with Crippen molar-refractivity contribution in [3.05, 3.63) is 100 Å². The molecule has 5 rings (SSSR count). The standard InChI is InChI=1S/C26H20Cl2N4O2/c27-19-9-5-17(6-10-19)15-29-24(33)14-13-23-25(18-7-11-20(28)12-8-18)31-26(34-23)32-16-30-21-3-1-2-4-22(21)32/h1-12,16H,13-15H2,(H,29,33). The number of rotatable bonds is 7. The Labute approximate surface area is 206 Å². The van der Waals surface area contributed by atoms with Gasteiger partial charge >= 0.3 is 6.01 Å². The first-order valence-corrected chi connectivity index (χ1v) is 11.5. The predicted molar refractivity (Wildman–Crippen MR) is 133 cm³/mol. The van der Waals surface area contributed by atoms with Crippen molar-refractivity contribution in [1.29, 1.82) is 0 Å². The molecule has 0 aliphatic rings. The number of aromatic nitrogens is 3. The smallest absolute Gasteiger partial charge is 0.308 e. The topological polar surface area (TPSA) is 73.0 Å². The van der Waals surface area contributed by atoms with Crippen LogP contribution in [0.25, 0.3) is 28.3 Å². The van der Waals surface area contributed by atoms with E-state index in [4.69, 9.17) is 32.6 Å². The first kappa shape index (κ1) is 22.2. The molecule has 0 unspecified atom stereocenters. The molecule has 0 saturated heterocycles. The number of carbonyl (C=O) groups excluding carboxylic acids is 1. The molecule has 1 N–H and O–H groups in total. The van der Waals surface area contributed by atoms with Crippen LogP contribution >= 0.6 is 23.2 Å². The Hall–Kier alpha value is -3.61. The molecule has 0 radical (unpaired) electrons. The van der Waals surface area contributed by atoms with Gasteiger partial charge in [-0.3, -0.25) is 9.36 Å². The van der Waals surface area contributed by atoms with Crippen LogP contribution in [0.4, 0.5) is 0 Å². The maximum atomic E-state index is 12.5. The van der Waals surface area contributed by atoms with E-state index >= 15 is 0 Å². The van der Waals surface area contributed by atoms with E-state index in [2.05, 4.69) is 10.3 Å². The fourth-order valence-corrected chi connectivity index (χ4v) is 3.93. The highest BCUT2D eigenvalue weighted by Crippen LogP contribution is 2.29. The highest BCUT2D eigenvalue weighted by atomic mass is 35.5. The number of hydrogen-bond donors (Lipinski definition) is 1. The van der Waals surface area contributed by atoms with Crippen molar-refractivity contribution in [2.75, 3.05) is 0 Å². The number of carbonyl (C=O) groups is 1. The minimum absolute atomic E-state index is 0.0805. The SMILES string of the molecule is O=C(CCc1oc(-n2cnc3ccccc32)nc1-c1ccc(Cl)cc1)NCc1ccc(Cl)cc1. The first-order valence-electron chi connectivity index (χ1n) is 10.8. The lowest BCUT2D eigenvalue weighted by Crippen LogP contribution is -2.22. The zero-order valence-electron chi connectivity index (χ0n) is 18.0. The number of nitrogens with zero attached hydrogens (tertiary/aromatic N) is 3.